The summed E-state index contributed by atoms with van der Waals surface area (Å²) in [5, 5.41) is 15.3. The van der Waals surface area contributed by atoms with Gasteiger partial charge in [-0.3, -0.25) is 4.98 Å². The standard InChI is InChI=1S/C27H19Cl2N7O/c28-21-4-7-23(29)20(13-21)15-36-25-14-19(17-9-11-30-12-10-17)3-8-24(25)31-26(36)16-37-22-5-1-18(2-6-22)27-32-34-35-33-27/h1-14H,15-16H2,(H,32,33,34,35). The van der Waals surface area contributed by atoms with E-state index in [1.54, 1.807) is 18.5 Å². The SMILES string of the molecule is Clc1ccc(Cl)c(Cn2c(COc3ccc(-c4nn[nH]n4)cc3)nc3ccc(-c4ccncc4)cc32)c1. The van der Waals surface area contributed by atoms with Gasteiger partial charge < -0.3 is 9.30 Å². The molecule has 3 heterocycles. The highest BCUT2D eigenvalue weighted by atomic mass is 35.5. The maximum atomic E-state index is 6.53. The van der Waals surface area contributed by atoms with Crippen LogP contribution >= 0.6 is 23.2 Å². The number of imidazole rings is 1. The van der Waals surface area contributed by atoms with Gasteiger partial charge in [0.2, 0.25) is 5.82 Å². The van der Waals surface area contributed by atoms with Crippen LogP contribution in [0.5, 0.6) is 5.75 Å². The average Bonchev–Trinajstić information content (AvgIpc) is 3.59. The number of rotatable bonds is 7. The van der Waals surface area contributed by atoms with Crippen LogP contribution in [0.2, 0.25) is 10.0 Å². The van der Waals surface area contributed by atoms with Crippen molar-refractivity contribution in [3.63, 3.8) is 0 Å². The molecule has 0 atom stereocenters. The van der Waals surface area contributed by atoms with Gasteiger partial charge in [-0.05, 0) is 88.6 Å². The summed E-state index contributed by atoms with van der Waals surface area (Å²) in [5.41, 5.74) is 5.71. The third-order valence-corrected chi connectivity index (χ3v) is 6.61. The Morgan fingerprint density at radius 2 is 1.65 bits per heavy atom. The van der Waals surface area contributed by atoms with Crippen LogP contribution in [-0.4, -0.2) is 35.2 Å². The molecule has 0 fully saturated rings. The lowest BCUT2D eigenvalue weighted by Gasteiger charge is -2.13. The average molecular weight is 528 g/mol. The fourth-order valence-corrected chi connectivity index (χ4v) is 4.52. The van der Waals surface area contributed by atoms with Gasteiger partial charge in [0.25, 0.3) is 0 Å². The summed E-state index contributed by atoms with van der Waals surface area (Å²) in [6.07, 6.45) is 3.57. The van der Waals surface area contributed by atoms with Crippen LogP contribution in [0, 0.1) is 0 Å². The molecule has 10 heteroatoms. The van der Waals surface area contributed by atoms with Crippen LogP contribution in [0.3, 0.4) is 0 Å². The molecule has 37 heavy (non-hydrogen) atoms. The monoisotopic (exact) mass is 527 g/mol. The summed E-state index contributed by atoms with van der Waals surface area (Å²) in [4.78, 5) is 9.01. The van der Waals surface area contributed by atoms with Gasteiger partial charge in [-0.25, -0.2) is 4.98 Å². The number of hydrogen-bond donors (Lipinski definition) is 1. The maximum absolute atomic E-state index is 6.53. The molecular weight excluding hydrogens is 509 g/mol. The number of ether oxygens (including phenoxy) is 1. The van der Waals surface area contributed by atoms with Crippen LogP contribution in [-0.2, 0) is 13.2 Å². The van der Waals surface area contributed by atoms with Gasteiger partial charge in [-0.2, -0.15) is 5.21 Å². The Balaban J connectivity index is 1.35. The van der Waals surface area contributed by atoms with Gasteiger partial charge in [0.05, 0.1) is 17.6 Å². The predicted octanol–water partition coefficient (Wildman–Crippen LogP) is 6.21. The number of tetrazole rings is 1. The van der Waals surface area contributed by atoms with E-state index in [0.717, 1.165) is 39.1 Å². The summed E-state index contributed by atoms with van der Waals surface area (Å²) in [6.45, 7) is 0.754. The lowest BCUT2D eigenvalue weighted by Crippen LogP contribution is -2.09. The number of nitrogens with zero attached hydrogens (tertiary/aromatic N) is 6. The molecule has 0 bridgehead atoms. The highest BCUT2D eigenvalue weighted by molar-refractivity contribution is 6.33. The number of aromatic amines is 1. The first-order valence-electron chi connectivity index (χ1n) is 11.4. The topological polar surface area (TPSA) is 94.4 Å². The number of aromatic nitrogens is 7. The minimum absolute atomic E-state index is 0.263. The van der Waals surface area contributed by atoms with Crippen molar-refractivity contribution in [2.75, 3.05) is 0 Å². The molecule has 3 aromatic heterocycles. The van der Waals surface area contributed by atoms with Crippen molar-refractivity contribution in [3.8, 4) is 28.3 Å². The number of H-pyrrole nitrogens is 1. The molecule has 0 aliphatic rings. The molecule has 0 saturated carbocycles. The van der Waals surface area contributed by atoms with Crippen LogP contribution in [0.15, 0.2) is 85.2 Å². The van der Waals surface area contributed by atoms with Gasteiger partial charge in [-0.15, -0.1) is 10.2 Å². The van der Waals surface area contributed by atoms with Gasteiger partial charge >= 0.3 is 0 Å². The fourth-order valence-electron chi connectivity index (χ4n) is 4.15. The second-order valence-electron chi connectivity index (χ2n) is 8.34. The zero-order chi connectivity index (χ0) is 25.2. The molecule has 0 aliphatic carbocycles. The summed E-state index contributed by atoms with van der Waals surface area (Å²) < 4.78 is 8.24. The smallest absolute Gasteiger partial charge is 0.204 e. The zero-order valence-corrected chi connectivity index (χ0v) is 20.9. The second kappa shape index (κ2) is 10.0. The first-order valence-corrected chi connectivity index (χ1v) is 12.2. The summed E-state index contributed by atoms with van der Waals surface area (Å²) in [6, 6.07) is 23.1. The summed E-state index contributed by atoms with van der Waals surface area (Å²) >= 11 is 12.8. The van der Waals surface area contributed by atoms with Crippen molar-refractivity contribution in [2.45, 2.75) is 13.2 Å². The number of pyridine rings is 1. The van der Waals surface area contributed by atoms with Crippen molar-refractivity contribution in [3.05, 3.63) is 107 Å². The molecule has 0 aliphatic heterocycles. The van der Waals surface area contributed by atoms with E-state index in [9.17, 15) is 0 Å². The van der Waals surface area contributed by atoms with E-state index in [1.165, 1.54) is 0 Å². The third kappa shape index (κ3) is 4.89. The minimum Gasteiger partial charge on any atom is -0.486 e. The Labute approximate surface area is 221 Å². The quantitative estimate of drug-likeness (QED) is 0.265. The van der Waals surface area contributed by atoms with Crippen molar-refractivity contribution in [1.82, 2.24) is 35.2 Å². The molecule has 6 aromatic rings. The number of halogens is 2. The number of fused-ring (bicyclic) bond motifs is 1. The lowest BCUT2D eigenvalue weighted by atomic mass is 10.1. The highest BCUT2D eigenvalue weighted by Gasteiger charge is 2.15. The molecule has 0 radical (unpaired) electrons. The van der Waals surface area contributed by atoms with E-state index in [2.05, 4.69) is 42.3 Å². The van der Waals surface area contributed by atoms with E-state index < -0.39 is 0 Å². The molecule has 6 rings (SSSR count). The van der Waals surface area contributed by atoms with Gasteiger partial charge in [-0.1, -0.05) is 29.3 Å². The predicted molar refractivity (Wildman–Crippen MR) is 142 cm³/mol. The van der Waals surface area contributed by atoms with Gasteiger partial charge in [0.15, 0.2) is 0 Å². The molecule has 0 saturated heterocycles. The van der Waals surface area contributed by atoms with E-state index in [1.807, 2.05) is 54.6 Å². The Hall–Kier alpha value is -4.27. The molecule has 182 valence electrons. The Morgan fingerprint density at radius 3 is 2.43 bits per heavy atom. The molecule has 0 unspecified atom stereocenters. The number of hydrogen-bond acceptors (Lipinski definition) is 6. The Bertz CT molecular complexity index is 1670. The Kier molecular flexibility index (Phi) is 6.26. The summed E-state index contributed by atoms with van der Waals surface area (Å²) in [7, 11) is 0. The Morgan fingerprint density at radius 1 is 0.838 bits per heavy atom. The first-order chi connectivity index (χ1) is 18.1. The number of benzene rings is 3. The van der Waals surface area contributed by atoms with Crippen LogP contribution in [0.4, 0.5) is 0 Å². The molecule has 0 spiro atoms. The zero-order valence-electron chi connectivity index (χ0n) is 19.3. The molecule has 0 amide bonds. The van der Waals surface area contributed by atoms with E-state index in [4.69, 9.17) is 32.9 Å². The van der Waals surface area contributed by atoms with Gasteiger partial charge in [0, 0.05) is 28.0 Å². The van der Waals surface area contributed by atoms with Crippen molar-refractivity contribution in [1.29, 1.82) is 0 Å². The normalized spacial score (nSPS) is 11.2. The van der Waals surface area contributed by atoms with Crippen LogP contribution in [0.25, 0.3) is 33.5 Å². The van der Waals surface area contributed by atoms with Gasteiger partial charge in [0.1, 0.15) is 18.2 Å². The van der Waals surface area contributed by atoms with Crippen LogP contribution in [0.1, 0.15) is 11.4 Å². The highest BCUT2D eigenvalue weighted by Crippen LogP contribution is 2.29. The third-order valence-electron chi connectivity index (χ3n) is 6.00. The minimum atomic E-state index is 0.263. The van der Waals surface area contributed by atoms with Crippen LogP contribution < -0.4 is 4.74 Å². The largest absolute Gasteiger partial charge is 0.486 e. The fraction of sp³-hybridized carbons (Fsp3) is 0.0741. The molecule has 1 N–H and O–H groups in total. The van der Waals surface area contributed by atoms with E-state index in [-0.39, 0.29) is 6.61 Å². The second-order valence-corrected chi connectivity index (χ2v) is 9.18. The summed E-state index contributed by atoms with van der Waals surface area (Å²) in [5.74, 6) is 1.99. The van der Waals surface area contributed by atoms with Crippen molar-refractivity contribution in [2.24, 2.45) is 0 Å². The van der Waals surface area contributed by atoms with Crippen molar-refractivity contribution >= 4 is 34.2 Å². The molecular formula is C27H19Cl2N7O. The lowest BCUT2D eigenvalue weighted by molar-refractivity contribution is 0.291. The maximum Gasteiger partial charge on any atom is 0.204 e. The van der Waals surface area contributed by atoms with E-state index in [0.29, 0.717) is 28.2 Å². The molecule has 3 aromatic carbocycles. The first kappa shape index (κ1) is 23.1. The van der Waals surface area contributed by atoms with Crippen molar-refractivity contribution < 1.29 is 4.74 Å². The number of nitrogens with one attached hydrogen (secondary N) is 1. The van der Waals surface area contributed by atoms with E-state index >= 15 is 0 Å². The molecule has 8 nitrogen and oxygen atoms in total.